The van der Waals surface area contributed by atoms with Crippen molar-refractivity contribution in [1.29, 1.82) is 0 Å². The Bertz CT molecular complexity index is 1300. The number of amides is 2. The summed E-state index contributed by atoms with van der Waals surface area (Å²) in [6.45, 7) is 2.25. The van der Waals surface area contributed by atoms with Crippen molar-refractivity contribution < 1.29 is 9.59 Å². The summed E-state index contributed by atoms with van der Waals surface area (Å²) in [6.07, 6.45) is 3.54. The Morgan fingerprint density at radius 2 is 1.85 bits per heavy atom. The molecular formula is C25H22ClN5O2. The molecule has 2 amide bonds. The van der Waals surface area contributed by atoms with Crippen LogP contribution in [0.3, 0.4) is 0 Å². The lowest BCUT2D eigenvalue weighted by molar-refractivity contribution is -0.115. The second kappa shape index (κ2) is 10.1. The van der Waals surface area contributed by atoms with E-state index in [1.54, 1.807) is 59.5 Å². The molecule has 0 fully saturated rings. The fourth-order valence-electron chi connectivity index (χ4n) is 3.30. The molecule has 0 spiro atoms. The van der Waals surface area contributed by atoms with Crippen molar-refractivity contribution in [2.24, 2.45) is 0 Å². The van der Waals surface area contributed by atoms with Gasteiger partial charge in [0.25, 0.3) is 5.91 Å². The van der Waals surface area contributed by atoms with Crippen molar-refractivity contribution in [3.05, 3.63) is 107 Å². The van der Waals surface area contributed by atoms with Crippen LogP contribution in [0.5, 0.6) is 0 Å². The van der Waals surface area contributed by atoms with E-state index in [1.165, 1.54) is 0 Å². The molecule has 8 heteroatoms. The Labute approximate surface area is 196 Å². The third kappa shape index (κ3) is 5.84. The van der Waals surface area contributed by atoms with Gasteiger partial charge in [-0.25, -0.2) is 4.68 Å². The van der Waals surface area contributed by atoms with E-state index in [9.17, 15) is 9.59 Å². The number of rotatable bonds is 7. The van der Waals surface area contributed by atoms with E-state index in [1.807, 2.05) is 31.2 Å². The lowest BCUT2D eigenvalue weighted by Crippen LogP contribution is -2.23. The zero-order valence-electron chi connectivity index (χ0n) is 18.0. The molecule has 2 N–H and O–H groups in total. The molecule has 0 radical (unpaired) electrons. The topological polar surface area (TPSA) is 88.9 Å². The standard InChI is InChI=1S/C25H22ClN5O2/c1-17-6-4-8-20(29-17)15-27-25(33)19-7-5-9-21(13-19)31-16-18(14-28-31)12-24(32)30-23-11-3-2-10-22(23)26/h2-11,13-14,16H,12,15H2,1H3,(H,27,33)(H,30,32). The van der Waals surface area contributed by atoms with E-state index in [-0.39, 0.29) is 18.2 Å². The summed E-state index contributed by atoms with van der Waals surface area (Å²) in [5, 5.41) is 10.5. The summed E-state index contributed by atoms with van der Waals surface area (Å²) in [5.74, 6) is -0.396. The highest BCUT2D eigenvalue weighted by Crippen LogP contribution is 2.20. The molecule has 0 bridgehead atoms. The molecule has 0 saturated heterocycles. The van der Waals surface area contributed by atoms with Gasteiger partial charge in [0.2, 0.25) is 5.91 Å². The number of para-hydroxylation sites is 1. The zero-order chi connectivity index (χ0) is 23.2. The van der Waals surface area contributed by atoms with Crippen molar-refractivity contribution in [2.75, 3.05) is 5.32 Å². The Morgan fingerprint density at radius 1 is 1.03 bits per heavy atom. The number of benzene rings is 2. The van der Waals surface area contributed by atoms with Crippen molar-refractivity contribution in [2.45, 2.75) is 19.9 Å². The van der Waals surface area contributed by atoms with Crippen LogP contribution in [-0.4, -0.2) is 26.6 Å². The molecular weight excluding hydrogens is 438 g/mol. The smallest absolute Gasteiger partial charge is 0.251 e. The number of aryl methyl sites for hydroxylation is 1. The van der Waals surface area contributed by atoms with Gasteiger partial charge in [0.15, 0.2) is 0 Å². The quantitative estimate of drug-likeness (QED) is 0.430. The Morgan fingerprint density at radius 3 is 2.67 bits per heavy atom. The fourth-order valence-corrected chi connectivity index (χ4v) is 3.48. The first kappa shape index (κ1) is 22.2. The SMILES string of the molecule is Cc1cccc(CNC(=O)c2cccc(-n3cc(CC(=O)Nc4ccccc4Cl)cn3)c2)n1. The van der Waals surface area contributed by atoms with Gasteiger partial charge in [0.05, 0.1) is 41.3 Å². The number of halogens is 1. The minimum absolute atomic E-state index is 0.148. The summed E-state index contributed by atoms with van der Waals surface area (Å²) in [6, 6.07) is 19.9. The molecule has 0 aliphatic heterocycles. The van der Waals surface area contributed by atoms with Crippen molar-refractivity contribution in [3.8, 4) is 5.69 Å². The van der Waals surface area contributed by atoms with Crippen molar-refractivity contribution in [3.63, 3.8) is 0 Å². The number of anilines is 1. The number of carbonyl (C=O) groups excluding carboxylic acids is 2. The van der Waals surface area contributed by atoms with Gasteiger partial charge in [-0.1, -0.05) is 35.9 Å². The zero-order valence-corrected chi connectivity index (χ0v) is 18.7. The molecule has 0 aliphatic carbocycles. The van der Waals surface area contributed by atoms with Crippen LogP contribution >= 0.6 is 11.6 Å². The molecule has 0 aliphatic rings. The van der Waals surface area contributed by atoms with Gasteiger partial charge < -0.3 is 10.6 Å². The first-order chi connectivity index (χ1) is 16.0. The second-order valence-corrected chi connectivity index (χ2v) is 7.91. The van der Waals surface area contributed by atoms with Gasteiger partial charge in [0.1, 0.15) is 0 Å². The highest BCUT2D eigenvalue weighted by atomic mass is 35.5. The van der Waals surface area contributed by atoms with E-state index in [2.05, 4.69) is 20.7 Å². The lowest BCUT2D eigenvalue weighted by Gasteiger charge is -2.08. The summed E-state index contributed by atoms with van der Waals surface area (Å²) in [4.78, 5) is 29.4. The van der Waals surface area contributed by atoms with Gasteiger partial charge in [-0.05, 0) is 55.0 Å². The summed E-state index contributed by atoms with van der Waals surface area (Å²) in [7, 11) is 0. The maximum atomic E-state index is 12.6. The minimum Gasteiger partial charge on any atom is -0.346 e. The van der Waals surface area contributed by atoms with Gasteiger partial charge in [0, 0.05) is 17.5 Å². The molecule has 2 aromatic heterocycles. The molecule has 33 heavy (non-hydrogen) atoms. The van der Waals surface area contributed by atoms with Gasteiger partial charge in [-0.3, -0.25) is 14.6 Å². The second-order valence-electron chi connectivity index (χ2n) is 7.50. The van der Waals surface area contributed by atoms with E-state index < -0.39 is 0 Å². The molecule has 0 saturated carbocycles. The van der Waals surface area contributed by atoms with Crippen LogP contribution in [0, 0.1) is 6.92 Å². The van der Waals surface area contributed by atoms with Crippen LogP contribution in [-0.2, 0) is 17.8 Å². The van der Waals surface area contributed by atoms with E-state index in [0.29, 0.717) is 28.5 Å². The largest absolute Gasteiger partial charge is 0.346 e. The number of nitrogens with zero attached hydrogens (tertiary/aromatic N) is 3. The van der Waals surface area contributed by atoms with E-state index in [4.69, 9.17) is 11.6 Å². The molecule has 4 rings (SSSR count). The molecule has 0 atom stereocenters. The van der Waals surface area contributed by atoms with Gasteiger partial charge in [-0.2, -0.15) is 5.10 Å². The molecule has 2 aromatic carbocycles. The molecule has 166 valence electrons. The number of pyridine rings is 1. The Kier molecular flexibility index (Phi) is 6.80. The lowest BCUT2D eigenvalue weighted by atomic mass is 10.2. The number of hydrogen-bond donors (Lipinski definition) is 2. The molecule has 0 unspecified atom stereocenters. The molecule has 4 aromatic rings. The maximum absolute atomic E-state index is 12.6. The summed E-state index contributed by atoms with van der Waals surface area (Å²) in [5.41, 5.74) is 4.23. The number of nitrogens with one attached hydrogen (secondary N) is 2. The number of aromatic nitrogens is 3. The summed E-state index contributed by atoms with van der Waals surface area (Å²) < 4.78 is 1.64. The predicted octanol–water partition coefficient (Wildman–Crippen LogP) is 4.34. The van der Waals surface area contributed by atoms with Crippen LogP contribution in [0.25, 0.3) is 5.69 Å². The maximum Gasteiger partial charge on any atom is 0.251 e. The fraction of sp³-hybridized carbons (Fsp3) is 0.120. The first-order valence-electron chi connectivity index (χ1n) is 10.4. The average Bonchev–Trinajstić information content (AvgIpc) is 3.27. The number of hydrogen-bond acceptors (Lipinski definition) is 4. The van der Waals surface area contributed by atoms with Gasteiger partial charge >= 0.3 is 0 Å². The Hall–Kier alpha value is -3.97. The van der Waals surface area contributed by atoms with Crippen LogP contribution in [0.2, 0.25) is 5.02 Å². The summed E-state index contributed by atoms with van der Waals surface area (Å²) >= 11 is 6.09. The third-order valence-corrected chi connectivity index (χ3v) is 5.23. The molecule has 7 nitrogen and oxygen atoms in total. The molecule has 2 heterocycles. The van der Waals surface area contributed by atoms with Crippen LogP contribution in [0.4, 0.5) is 5.69 Å². The average molecular weight is 460 g/mol. The van der Waals surface area contributed by atoms with Crippen LogP contribution in [0.15, 0.2) is 79.1 Å². The minimum atomic E-state index is -0.202. The highest BCUT2D eigenvalue weighted by Gasteiger charge is 2.11. The van der Waals surface area contributed by atoms with Crippen LogP contribution < -0.4 is 10.6 Å². The monoisotopic (exact) mass is 459 g/mol. The first-order valence-corrected chi connectivity index (χ1v) is 10.7. The third-order valence-electron chi connectivity index (χ3n) is 4.90. The van der Waals surface area contributed by atoms with E-state index in [0.717, 1.165) is 17.0 Å². The normalized spacial score (nSPS) is 10.6. The van der Waals surface area contributed by atoms with Crippen molar-refractivity contribution >= 4 is 29.1 Å². The Balaban J connectivity index is 1.40. The predicted molar refractivity (Wildman–Crippen MR) is 127 cm³/mol. The van der Waals surface area contributed by atoms with E-state index >= 15 is 0 Å². The number of carbonyl (C=O) groups is 2. The van der Waals surface area contributed by atoms with Gasteiger partial charge in [-0.15, -0.1) is 0 Å². The van der Waals surface area contributed by atoms with Crippen molar-refractivity contribution in [1.82, 2.24) is 20.1 Å². The highest BCUT2D eigenvalue weighted by molar-refractivity contribution is 6.33. The van der Waals surface area contributed by atoms with Crippen LogP contribution in [0.1, 0.15) is 27.3 Å².